The van der Waals surface area contributed by atoms with E-state index >= 15 is 4.39 Å². The molecule has 2 fully saturated rings. The highest BCUT2D eigenvalue weighted by molar-refractivity contribution is 6.32. The third kappa shape index (κ3) is 3.43. The van der Waals surface area contributed by atoms with Crippen LogP contribution in [-0.2, 0) is 38.7 Å². The highest BCUT2D eigenvalue weighted by Gasteiger charge is 2.69. The van der Waals surface area contributed by atoms with Crippen molar-refractivity contribution in [1.29, 1.82) is 0 Å². The van der Waals surface area contributed by atoms with Crippen LogP contribution in [0.4, 0.5) is 4.39 Å². The second-order valence-electron chi connectivity index (χ2n) is 11.1. The molecule has 5 N–H and O–H groups in total. The quantitative estimate of drug-likeness (QED) is 0.334. The van der Waals surface area contributed by atoms with Crippen molar-refractivity contribution in [1.82, 2.24) is 9.80 Å². The van der Waals surface area contributed by atoms with E-state index in [0.29, 0.717) is 13.0 Å². The largest absolute Gasteiger partial charge is 0.507 e. The maximum Gasteiger partial charge on any atom is 0.235 e. The smallest absolute Gasteiger partial charge is 0.235 e. The first-order chi connectivity index (χ1) is 17.9. The molecule has 1 heterocycles. The van der Waals surface area contributed by atoms with E-state index in [2.05, 4.69) is 0 Å². The minimum atomic E-state index is -2.82. The van der Waals surface area contributed by atoms with E-state index in [1.165, 1.54) is 19.0 Å². The van der Waals surface area contributed by atoms with Crippen molar-refractivity contribution in [2.45, 2.75) is 44.0 Å². The molecular weight excluding hydrogens is 501 g/mol. The fraction of sp³-hybridized carbons (Fsp3) is 0.577. The molecule has 0 saturated heterocycles. The molecule has 0 bridgehead atoms. The molecular formula is C26H30FN3O8. The molecule has 0 aromatic heterocycles. The number of aliphatic hydroxyl groups excluding tert-OH is 1. The van der Waals surface area contributed by atoms with E-state index in [-0.39, 0.29) is 54.8 Å². The summed E-state index contributed by atoms with van der Waals surface area (Å²) in [6, 6.07) is -1.21. The molecule has 1 aromatic rings. The Hall–Kier alpha value is -3.06. The number of carbonyl (C=O) groups is 5. The highest BCUT2D eigenvalue weighted by atomic mass is 19.1. The maximum atomic E-state index is 15.8. The third-order valence-corrected chi connectivity index (χ3v) is 8.77. The number of benzene rings is 1. The molecule has 38 heavy (non-hydrogen) atoms. The van der Waals surface area contributed by atoms with Gasteiger partial charge in [-0.3, -0.25) is 33.8 Å². The van der Waals surface area contributed by atoms with E-state index < -0.39 is 75.9 Å². The van der Waals surface area contributed by atoms with E-state index in [4.69, 9.17) is 10.8 Å². The molecule has 5 rings (SSSR count). The number of rotatable bonds is 5. The van der Waals surface area contributed by atoms with Crippen LogP contribution in [0.1, 0.15) is 39.9 Å². The number of phenolic OH excluding ortho intramolecular Hbond substituents is 1. The van der Waals surface area contributed by atoms with Gasteiger partial charge >= 0.3 is 0 Å². The van der Waals surface area contributed by atoms with Gasteiger partial charge in [-0.2, -0.15) is 0 Å². The van der Waals surface area contributed by atoms with Crippen LogP contribution in [0.15, 0.2) is 0 Å². The highest BCUT2D eigenvalue weighted by Crippen LogP contribution is 2.52. The summed E-state index contributed by atoms with van der Waals surface area (Å²) in [5, 5.41) is 31.8. The van der Waals surface area contributed by atoms with Crippen LogP contribution in [0.3, 0.4) is 0 Å². The molecule has 2 unspecified atom stereocenters. The number of ketones is 4. The molecule has 1 aromatic carbocycles. The SMILES string of the molecule is CN(C)[C@@H]1C(=O)C(C(N)=O)C(=O)[C@@]2(O)C(=O)C3C(=O)c4c(O)c5c(c(F)c4C[C@H]3C[C@@H]12)CN(CCCO)C5. The van der Waals surface area contributed by atoms with Gasteiger partial charge in [0.1, 0.15) is 11.6 Å². The number of aliphatic hydroxyl groups is 2. The van der Waals surface area contributed by atoms with Crippen molar-refractivity contribution in [3.8, 4) is 5.75 Å². The Morgan fingerprint density at radius 3 is 2.39 bits per heavy atom. The van der Waals surface area contributed by atoms with Gasteiger partial charge in [0, 0.05) is 48.8 Å². The maximum absolute atomic E-state index is 15.8. The van der Waals surface area contributed by atoms with Gasteiger partial charge in [0.25, 0.3) is 0 Å². The first kappa shape index (κ1) is 26.5. The second kappa shape index (κ2) is 9.01. The number of fused-ring (bicyclic) bond motifs is 4. The summed E-state index contributed by atoms with van der Waals surface area (Å²) in [7, 11) is 3.00. The van der Waals surface area contributed by atoms with Crippen molar-refractivity contribution in [2.24, 2.45) is 29.4 Å². The van der Waals surface area contributed by atoms with Gasteiger partial charge in [0.05, 0.1) is 17.5 Å². The Kier molecular flexibility index (Phi) is 6.29. The minimum Gasteiger partial charge on any atom is -0.507 e. The molecule has 204 valence electrons. The minimum absolute atomic E-state index is 0.0281. The average molecular weight is 532 g/mol. The number of hydrogen-bond acceptors (Lipinski definition) is 10. The Bertz CT molecular complexity index is 1300. The Morgan fingerprint density at radius 1 is 1.13 bits per heavy atom. The predicted octanol–water partition coefficient (Wildman–Crippen LogP) is -1.30. The molecule has 1 aliphatic heterocycles. The lowest BCUT2D eigenvalue weighted by atomic mass is 9.52. The molecule has 0 radical (unpaired) electrons. The molecule has 4 aliphatic rings. The molecule has 12 heteroatoms. The number of hydrogen-bond donors (Lipinski definition) is 4. The average Bonchev–Trinajstić information content (AvgIpc) is 3.28. The first-order valence-corrected chi connectivity index (χ1v) is 12.6. The van der Waals surface area contributed by atoms with E-state index in [1.807, 2.05) is 4.90 Å². The number of phenols is 1. The van der Waals surface area contributed by atoms with Crippen LogP contribution in [0, 0.1) is 29.5 Å². The number of Topliss-reactive ketones (excluding diaryl/α,β-unsaturated/α-hetero) is 4. The lowest BCUT2D eigenvalue weighted by molar-refractivity contribution is -0.181. The third-order valence-electron chi connectivity index (χ3n) is 8.77. The number of amides is 1. The predicted molar refractivity (Wildman–Crippen MR) is 127 cm³/mol. The van der Waals surface area contributed by atoms with Crippen LogP contribution in [0.2, 0.25) is 0 Å². The zero-order valence-corrected chi connectivity index (χ0v) is 21.1. The Balaban J connectivity index is 1.60. The van der Waals surface area contributed by atoms with Crippen LogP contribution in [0.5, 0.6) is 5.75 Å². The normalized spacial score (nSPS) is 32.7. The van der Waals surface area contributed by atoms with Crippen molar-refractivity contribution in [3.05, 3.63) is 28.1 Å². The topological polar surface area (TPSA) is 179 Å². The fourth-order valence-electron chi connectivity index (χ4n) is 7.09. The van der Waals surface area contributed by atoms with Gasteiger partial charge < -0.3 is 21.1 Å². The van der Waals surface area contributed by atoms with Gasteiger partial charge in [-0.25, -0.2) is 4.39 Å². The van der Waals surface area contributed by atoms with Crippen molar-refractivity contribution < 1.29 is 43.7 Å². The summed E-state index contributed by atoms with van der Waals surface area (Å²) in [6.45, 7) is 0.728. The molecule has 11 nitrogen and oxygen atoms in total. The fourth-order valence-corrected chi connectivity index (χ4v) is 7.09. The first-order valence-electron chi connectivity index (χ1n) is 12.6. The summed E-state index contributed by atoms with van der Waals surface area (Å²) in [6.07, 6.45) is 0.193. The number of carbonyl (C=O) groups excluding carboxylic acids is 5. The monoisotopic (exact) mass is 531 g/mol. The zero-order chi connectivity index (χ0) is 27.8. The summed E-state index contributed by atoms with van der Waals surface area (Å²) >= 11 is 0. The zero-order valence-electron chi connectivity index (χ0n) is 21.1. The molecule has 2 saturated carbocycles. The van der Waals surface area contributed by atoms with Gasteiger partial charge in [-0.1, -0.05) is 0 Å². The van der Waals surface area contributed by atoms with E-state index in [9.17, 15) is 34.2 Å². The Labute approximate surface area is 217 Å². The van der Waals surface area contributed by atoms with Crippen molar-refractivity contribution >= 4 is 29.0 Å². The van der Waals surface area contributed by atoms with E-state index in [0.717, 1.165) is 0 Å². The summed E-state index contributed by atoms with van der Waals surface area (Å²) < 4.78 is 15.8. The van der Waals surface area contributed by atoms with Crippen LogP contribution >= 0.6 is 0 Å². The van der Waals surface area contributed by atoms with E-state index in [1.54, 1.807) is 0 Å². The number of aromatic hydroxyl groups is 1. The molecule has 3 aliphatic carbocycles. The molecule has 0 spiro atoms. The lowest BCUT2D eigenvalue weighted by Crippen LogP contribution is -2.74. The van der Waals surface area contributed by atoms with Crippen molar-refractivity contribution in [2.75, 3.05) is 27.2 Å². The number of nitrogens with two attached hydrogens (primary N) is 1. The van der Waals surface area contributed by atoms with Crippen LogP contribution in [0.25, 0.3) is 0 Å². The molecule has 6 atom stereocenters. The number of likely N-dealkylation sites (N-methyl/N-ethyl adjacent to an activating group) is 1. The number of primary amides is 1. The number of halogens is 1. The number of nitrogens with zero attached hydrogens (tertiary/aromatic N) is 2. The summed E-state index contributed by atoms with van der Waals surface area (Å²) in [5.74, 6) is -12.3. The van der Waals surface area contributed by atoms with Crippen molar-refractivity contribution in [3.63, 3.8) is 0 Å². The standard InChI is InChI=1S/C26H30FN3O8/c1-29(2)19-14-7-10-6-11-16(20(32)13-9-30(4-3-5-31)8-12(13)18(11)27)21(33)15(10)23(35)26(14,38)24(36)17(22(19)34)25(28)37/h10,14-15,17,19,31-32,38H,3-9H2,1-2H3,(H2,28,37)/t10-,14-,15?,17?,19-,26-/m0/s1. The second-order valence-corrected chi connectivity index (χ2v) is 11.1. The van der Waals surface area contributed by atoms with Gasteiger partial charge in [0.15, 0.2) is 34.7 Å². The van der Waals surface area contributed by atoms with Gasteiger partial charge in [-0.15, -0.1) is 0 Å². The van der Waals surface area contributed by atoms with Crippen LogP contribution in [-0.4, -0.2) is 93.0 Å². The molecule has 1 amide bonds. The summed E-state index contributed by atoms with van der Waals surface area (Å²) in [5.41, 5.74) is 2.61. The van der Waals surface area contributed by atoms with Gasteiger partial charge in [0.2, 0.25) is 5.91 Å². The summed E-state index contributed by atoms with van der Waals surface area (Å²) in [4.78, 5) is 69.2. The Morgan fingerprint density at radius 2 is 1.79 bits per heavy atom. The van der Waals surface area contributed by atoms with Gasteiger partial charge in [-0.05, 0) is 39.3 Å². The lowest BCUT2D eigenvalue weighted by Gasteiger charge is -2.52. The van der Waals surface area contributed by atoms with Crippen LogP contribution < -0.4 is 5.73 Å².